The first-order chi connectivity index (χ1) is 8.74. The Kier molecular flexibility index (Phi) is 4.82. The second-order valence-corrected chi connectivity index (χ2v) is 5.79. The summed E-state index contributed by atoms with van der Waals surface area (Å²) in [5.41, 5.74) is 1.02. The van der Waals surface area contributed by atoms with E-state index in [9.17, 15) is 5.11 Å². The van der Waals surface area contributed by atoms with Gasteiger partial charge in [-0.2, -0.15) is 0 Å². The number of benzene rings is 1. The Labute approximate surface area is 111 Å². The summed E-state index contributed by atoms with van der Waals surface area (Å²) in [6, 6.07) is 10.6. The van der Waals surface area contributed by atoms with Crippen LogP contribution in [0, 0.1) is 5.92 Å². The molecule has 1 aromatic rings. The fraction of sp³-hybridized carbons (Fsp3) is 0.647. The average Bonchev–Trinajstić information content (AvgIpc) is 2.40. The van der Waals surface area contributed by atoms with Crippen molar-refractivity contribution < 1.29 is 5.11 Å². The summed E-state index contributed by atoms with van der Waals surface area (Å²) >= 11 is 0. The number of hydrogen-bond acceptors (Lipinski definition) is 1. The van der Waals surface area contributed by atoms with E-state index in [1.165, 1.54) is 24.8 Å². The summed E-state index contributed by atoms with van der Waals surface area (Å²) in [6.07, 6.45) is 9.05. The molecule has 1 aliphatic rings. The van der Waals surface area contributed by atoms with Crippen LogP contribution >= 0.6 is 0 Å². The Morgan fingerprint density at radius 1 is 1.22 bits per heavy atom. The maximum atomic E-state index is 10.8. The van der Waals surface area contributed by atoms with Gasteiger partial charge in [-0.05, 0) is 43.6 Å². The Morgan fingerprint density at radius 2 is 2.00 bits per heavy atom. The van der Waals surface area contributed by atoms with Crippen LogP contribution in [-0.4, -0.2) is 10.7 Å². The Morgan fingerprint density at radius 3 is 2.72 bits per heavy atom. The van der Waals surface area contributed by atoms with E-state index >= 15 is 0 Å². The molecule has 2 unspecified atom stereocenters. The minimum atomic E-state index is -0.373. The lowest BCUT2D eigenvalue weighted by molar-refractivity contribution is -0.0574. The van der Waals surface area contributed by atoms with Crippen LogP contribution in [0.4, 0.5) is 0 Å². The predicted molar refractivity (Wildman–Crippen MR) is 76.6 cm³/mol. The molecular weight excluding hydrogens is 220 g/mol. The van der Waals surface area contributed by atoms with E-state index in [0.29, 0.717) is 5.92 Å². The van der Waals surface area contributed by atoms with Gasteiger partial charge in [0.25, 0.3) is 0 Å². The number of rotatable bonds is 5. The third-order valence-corrected chi connectivity index (χ3v) is 4.58. The molecule has 0 radical (unpaired) electrons. The van der Waals surface area contributed by atoms with E-state index in [1.54, 1.807) is 0 Å². The summed E-state index contributed by atoms with van der Waals surface area (Å²) in [5.74, 6) is 0.530. The maximum Gasteiger partial charge on any atom is 0.0675 e. The summed E-state index contributed by atoms with van der Waals surface area (Å²) in [6.45, 7) is 2.22. The lowest BCUT2D eigenvalue weighted by Gasteiger charge is -2.40. The van der Waals surface area contributed by atoms with Gasteiger partial charge in [-0.15, -0.1) is 0 Å². The predicted octanol–water partition coefficient (Wildman–Crippen LogP) is 4.34. The van der Waals surface area contributed by atoms with Crippen molar-refractivity contribution >= 4 is 0 Å². The SMILES string of the molecule is CCC1CCCCC1(O)CCCc1ccccc1. The van der Waals surface area contributed by atoms with Crippen molar-refractivity contribution in [3.63, 3.8) is 0 Å². The molecule has 100 valence electrons. The molecule has 2 atom stereocenters. The van der Waals surface area contributed by atoms with Gasteiger partial charge in [0.1, 0.15) is 0 Å². The van der Waals surface area contributed by atoms with Gasteiger partial charge in [-0.1, -0.05) is 56.5 Å². The van der Waals surface area contributed by atoms with Crippen LogP contribution in [0.2, 0.25) is 0 Å². The standard InChI is InChI=1S/C17H26O/c1-2-16-12-6-7-13-17(16,18)14-8-11-15-9-4-3-5-10-15/h3-5,9-10,16,18H,2,6-8,11-14H2,1H3. The zero-order valence-corrected chi connectivity index (χ0v) is 11.6. The lowest BCUT2D eigenvalue weighted by atomic mass is 9.71. The monoisotopic (exact) mass is 246 g/mol. The van der Waals surface area contributed by atoms with Gasteiger partial charge >= 0.3 is 0 Å². The Hall–Kier alpha value is -0.820. The fourth-order valence-corrected chi connectivity index (χ4v) is 3.45. The molecule has 2 rings (SSSR count). The first kappa shape index (κ1) is 13.6. The molecule has 0 aliphatic heterocycles. The molecule has 18 heavy (non-hydrogen) atoms. The molecule has 0 saturated heterocycles. The second-order valence-electron chi connectivity index (χ2n) is 5.79. The molecule has 1 nitrogen and oxygen atoms in total. The van der Waals surface area contributed by atoms with E-state index in [4.69, 9.17) is 0 Å². The van der Waals surface area contributed by atoms with Gasteiger partial charge in [0.05, 0.1) is 5.60 Å². The first-order valence-corrected chi connectivity index (χ1v) is 7.51. The highest BCUT2D eigenvalue weighted by atomic mass is 16.3. The van der Waals surface area contributed by atoms with Gasteiger partial charge in [-0.25, -0.2) is 0 Å². The van der Waals surface area contributed by atoms with Crippen LogP contribution in [0.5, 0.6) is 0 Å². The zero-order chi connectivity index (χ0) is 12.8. The molecule has 1 heteroatoms. The van der Waals surface area contributed by atoms with Crippen molar-refractivity contribution in [1.29, 1.82) is 0 Å². The number of hydrogen-bond donors (Lipinski definition) is 1. The van der Waals surface area contributed by atoms with E-state index in [-0.39, 0.29) is 5.60 Å². The molecule has 0 heterocycles. The number of aryl methyl sites for hydroxylation is 1. The molecule has 1 N–H and O–H groups in total. The highest BCUT2D eigenvalue weighted by molar-refractivity contribution is 5.14. The van der Waals surface area contributed by atoms with Gasteiger partial charge in [0.15, 0.2) is 0 Å². The van der Waals surface area contributed by atoms with E-state index in [0.717, 1.165) is 32.1 Å². The largest absolute Gasteiger partial charge is 0.390 e. The fourth-order valence-electron chi connectivity index (χ4n) is 3.45. The zero-order valence-electron chi connectivity index (χ0n) is 11.6. The van der Waals surface area contributed by atoms with Gasteiger partial charge in [-0.3, -0.25) is 0 Å². The average molecular weight is 246 g/mol. The van der Waals surface area contributed by atoms with Crippen LogP contribution < -0.4 is 0 Å². The van der Waals surface area contributed by atoms with Gasteiger partial charge in [0, 0.05) is 0 Å². The maximum absolute atomic E-state index is 10.8. The normalized spacial score (nSPS) is 28.2. The van der Waals surface area contributed by atoms with E-state index in [1.807, 2.05) is 0 Å². The minimum absolute atomic E-state index is 0.373. The molecule has 0 bridgehead atoms. The highest BCUT2D eigenvalue weighted by Gasteiger charge is 2.36. The summed E-state index contributed by atoms with van der Waals surface area (Å²) in [4.78, 5) is 0. The quantitative estimate of drug-likeness (QED) is 0.819. The molecule has 0 amide bonds. The van der Waals surface area contributed by atoms with Crippen molar-refractivity contribution in [2.24, 2.45) is 5.92 Å². The summed E-state index contributed by atoms with van der Waals surface area (Å²) < 4.78 is 0. The Bertz CT molecular complexity index is 346. The van der Waals surface area contributed by atoms with Crippen LogP contribution in [0.3, 0.4) is 0 Å². The molecule has 1 saturated carbocycles. The van der Waals surface area contributed by atoms with Crippen LogP contribution in [0.15, 0.2) is 30.3 Å². The molecule has 0 aromatic heterocycles. The molecule has 1 aliphatic carbocycles. The minimum Gasteiger partial charge on any atom is -0.390 e. The van der Waals surface area contributed by atoms with Crippen LogP contribution in [0.1, 0.15) is 57.4 Å². The second kappa shape index (κ2) is 6.38. The molecular formula is C17H26O. The lowest BCUT2D eigenvalue weighted by Crippen LogP contribution is -2.40. The molecule has 0 spiro atoms. The topological polar surface area (TPSA) is 20.2 Å². The third kappa shape index (κ3) is 3.35. The Balaban J connectivity index is 1.84. The van der Waals surface area contributed by atoms with Gasteiger partial charge in [0.2, 0.25) is 0 Å². The van der Waals surface area contributed by atoms with Gasteiger partial charge < -0.3 is 5.11 Å². The van der Waals surface area contributed by atoms with Crippen molar-refractivity contribution in [3.05, 3.63) is 35.9 Å². The van der Waals surface area contributed by atoms with E-state index in [2.05, 4.69) is 37.3 Å². The third-order valence-electron chi connectivity index (χ3n) is 4.58. The summed E-state index contributed by atoms with van der Waals surface area (Å²) in [7, 11) is 0. The summed E-state index contributed by atoms with van der Waals surface area (Å²) in [5, 5.41) is 10.8. The van der Waals surface area contributed by atoms with E-state index < -0.39 is 0 Å². The molecule has 1 aromatic carbocycles. The van der Waals surface area contributed by atoms with Crippen molar-refractivity contribution in [3.8, 4) is 0 Å². The van der Waals surface area contributed by atoms with Crippen LogP contribution in [0.25, 0.3) is 0 Å². The van der Waals surface area contributed by atoms with Crippen molar-refractivity contribution in [2.75, 3.05) is 0 Å². The first-order valence-electron chi connectivity index (χ1n) is 7.51. The highest BCUT2D eigenvalue weighted by Crippen LogP contribution is 2.39. The van der Waals surface area contributed by atoms with Crippen LogP contribution in [-0.2, 0) is 6.42 Å². The van der Waals surface area contributed by atoms with Crippen molar-refractivity contribution in [2.45, 2.75) is 63.9 Å². The number of aliphatic hydroxyl groups is 1. The molecule has 1 fully saturated rings. The van der Waals surface area contributed by atoms with Crippen molar-refractivity contribution in [1.82, 2.24) is 0 Å². The smallest absolute Gasteiger partial charge is 0.0675 e.